The largest absolute Gasteiger partial charge is 0.497 e. The molecule has 0 fully saturated rings. The number of carbonyl (C=O) groups excluding carboxylic acids is 2. The van der Waals surface area contributed by atoms with Crippen molar-refractivity contribution in [3.63, 3.8) is 0 Å². The van der Waals surface area contributed by atoms with Crippen LogP contribution in [0.1, 0.15) is 47.1 Å². The van der Waals surface area contributed by atoms with E-state index >= 15 is 0 Å². The normalized spacial score (nSPS) is 11.1. The summed E-state index contributed by atoms with van der Waals surface area (Å²) in [5.41, 5.74) is 8.42. The van der Waals surface area contributed by atoms with E-state index in [1.807, 2.05) is 0 Å². The highest BCUT2D eigenvalue weighted by atomic mass is 35.5. The molecule has 2 aromatic carbocycles. The van der Waals surface area contributed by atoms with E-state index in [4.69, 9.17) is 32.2 Å². The molecule has 0 atom stereocenters. The van der Waals surface area contributed by atoms with Crippen LogP contribution in [0.25, 0.3) is 11.3 Å². The van der Waals surface area contributed by atoms with E-state index in [9.17, 15) is 9.59 Å². The molecule has 0 bridgehead atoms. The van der Waals surface area contributed by atoms with Gasteiger partial charge in [-0.15, -0.1) is 0 Å². The summed E-state index contributed by atoms with van der Waals surface area (Å²) in [5.74, 6) is -0.340. The Balaban J connectivity index is 1.90. The number of benzene rings is 2. The molecular weight excluding hydrogens is 514 g/mol. The lowest BCUT2D eigenvalue weighted by Crippen LogP contribution is -2.48. The Morgan fingerprint density at radius 3 is 2.41 bits per heavy atom. The number of rotatable bonds is 5. The molecule has 4 N–H and O–H groups in total. The quantitative estimate of drug-likeness (QED) is 0.212. The van der Waals surface area contributed by atoms with Crippen molar-refractivity contribution in [2.45, 2.75) is 46.8 Å². The summed E-state index contributed by atoms with van der Waals surface area (Å²) in [6, 6.07) is 10.5. The highest BCUT2D eigenvalue weighted by Crippen LogP contribution is 2.30. The highest BCUT2D eigenvalue weighted by molar-refractivity contribution is 7.06. The molecule has 0 aliphatic heterocycles. The first-order valence-electron chi connectivity index (χ1n) is 11.4. The highest BCUT2D eigenvalue weighted by Gasteiger charge is 2.29. The number of nitrogens with two attached hydrogens (primary N) is 1. The fourth-order valence-electron chi connectivity index (χ4n) is 3.48. The molecule has 2 amide bonds. The van der Waals surface area contributed by atoms with Crippen molar-refractivity contribution < 1.29 is 19.1 Å². The summed E-state index contributed by atoms with van der Waals surface area (Å²) in [7, 11) is 1.57. The average Bonchev–Trinajstić information content (AvgIpc) is 3.21. The number of aryl methyl sites for hydroxylation is 2. The van der Waals surface area contributed by atoms with Gasteiger partial charge in [-0.05, 0) is 87.6 Å². The number of amides is 2. The Morgan fingerprint density at radius 1 is 1.19 bits per heavy atom. The van der Waals surface area contributed by atoms with Crippen LogP contribution in [0.5, 0.6) is 5.75 Å². The smallest absolute Gasteiger partial charge is 0.417 e. The van der Waals surface area contributed by atoms with Gasteiger partial charge in [0.1, 0.15) is 11.4 Å². The van der Waals surface area contributed by atoms with Gasteiger partial charge in [0.2, 0.25) is 5.96 Å². The molecule has 0 radical (unpaired) electrons. The van der Waals surface area contributed by atoms with Crippen molar-refractivity contribution in [3.05, 3.63) is 63.0 Å². The average molecular weight is 544 g/mol. The van der Waals surface area contributed by atoms with Crippen LogP contribution in [0.3, 0.4) is 0 Å². The second-order valence-electron chi connectivity index (χ2n) is 9.37. The van der Waals surface area contributed by atoms with E-state index in [2.05, 4.69) is 9.69 Å². The van der Waals surface area contributed by atoms with Crippen molar-refractivity contribution in [2.75, 3.05) is 12.8 Å². The summed E-state index contributed by atoms with van der Waals surface area (Å²) in [6.07, 6.45) is -0.793. The number of carbonyl (C=O) groups is 2. The van der Waals surface area contributed by atoms with E-state index in [1.165, 1.54) is 11.5 Å². The number of ether oxygens (including phenoxy) is 2. The number of nitrogens with one attached hydrogen (secondary N) is 2. The fraction of sp³-hybridized carbons (Fsp3) is 0.308. The molecule has 1 aromatic heterocycles. The second-order valence-corrected chi connectivity index (χ2v) is 10.8. The monoisotopic (exact) mass is 543 g/mol. The third-order valence-electron chi connectivity index (χ3n) is 5.31. The predicted octanol–water partition coefficient (Wildman–Crippen LogP) is 5.77. The minimum atomic E-state index is -0.816. The Labute approximate surface area is 225 Å². The first-order valence-corrected chi connectivity index (χ1v) is 12.5. The predicted molar refractivity (Wildman–Crippen MR) is 146 cm³/mol. The number of guanidine groups is 1. The van der Waals surface area contributed by atoms with Gasteiger partial charge < -0.3 is 15.2 Å². The zero-order valence-corrected chi connectivity index (χ0v) is 23.1. The molecule has 1 heterocycles. The van der Waals surface area contributed by atoms with Crippen molar-refractivity contribution in [1.29, 1.82) is 5.41 Å². The maximum absolute atomic E-state index is 13.3. The molecule has 9 nitrogen and oxygen atoms in total. The van der Waals surface area contributed by atoms with Crippen molar-refractivity contribution in [3.8, 4) is 17.0 Å². The number of nitrogens with zero attached hydrogens (tertiary/aromatic N) is 2. The Morgan fingerprint density at radius 2 is 1.84 bits per heavy atom. The van der Waals surface area contributed by atoms with Gasteiger partial charge in [-0.25, -0.2) is 9.69 Å². The minimum Gasteiger partial charge on any atom is -0.497 e. The summed E-state index contributed by atoms with van der Waals surface area (Å²) in [4.78, 5) is 28.1. The van der Waals surface area contributed by atoms with Gasteiger partial charge in [-0.2, -0.15) is 4.37 Å². The van der Waals surface area contributed by atoms with Crippen LogP contribution in [0.4, 0.5) is 10.5 Å². The summed E-state index contributed by atoms with van der Waals surface area (Å²) in [5, 5.41) is 11.5. The SMILES string of the molecule is COc1ccc(-c2nsc(C)c2C(=O)NC(=N)N(Cc2cc(C)c(N)c(Cl)c2)C(=O)OC(C)(C)C)cc1. The van der Waals surface area contributed by atoms with Crippen LogP contribution >= 0.6 is 23.1 Å². The van der Waals surface area contributed by atoms with Gasteiger partial charge in [-0.1, -0.05) is 17.7 Å². The molecular formula is C26H30ClN5O4S. The van der Waals surface area contributed by atoms with Crippen molar-refractivity contribution >= 4 is 46.8 Å². The zero-order chi connectivity index (χ0) is 27.5. The number of nitrogen functional groups attached to an aromatic ring is 1. The molecule has 0 saturated carbocycles. The summed E-state index contributed by atoms with van der Waals surface area (Å²) >= 11 is 7.41. The van der Waals surface area contributed by atoms with E-state index in [0.29, 0.717) is 38.2 Å². The molecule has 0 aliphatic rings. The maximum atomic E-state index is 13.3. The molecule has 3 aromatic rings. The summed E-state index contributed by atoms with van der Waals surface area (Å²) < 4.78 is 15.1. The van der Waals surface area contributed by atoms with Crippen LogP contribution in [0.15, 0.2) is 36.4 Å². The van der Waals surface area contributed by atoms with Crippen LogP contribution in [0, 0.1) is 19.3 Å². The van der Waals surface area contributed by atoms with Gasteiger partial charge in [0.25, 0.3) is 5.91 Å². The first kappa shape index (κ1) is 27.9. The molecule has 0 unspecified atom stereocenters. The molecule has 196 valence electrons. The zero-order valence-electron chi connectivity index (χ0n) is 21.6. The number of hydrogen-bond acceptors (Lipinski definition) is 8. The van der Waals surface area contributed by atoms with E-state index in [1.54, 1.807) is 78.1 Å². The molecule has 0 aliphatic carbocycles. The second kappa shape index (κ2) is 11.2. The van der Waals surface area contributed by atoms with Crippen LogP contribution in [0.2, 0.25) is 5.02 Å². The fourth-order valence-corrected chi connectivity index (χ4v) is 4.47. The third kappa shape index (κ3) is 6.78. The van der Waals surface area contributed by atoms with Crippen molar-refractivity contribution in [2.24, 2.45) is 0 Å². The van der Waals surface area contributed by atoms with Crippen LogP contribution in [-0.4, -0.2) is 39.9 Å². The Bertz CT molecular complexity index is 1310. The molecule has 0 spiro atoms. The lowest BCUT2D eigenvalue weighted by molar-refractivity contribution is 0.0353. The van der Waals surface area contributed by atoms with E-state index in [0.717, 1.165) is 16.0 Å². The van der Waals surface area contributed by atoms with Gasteiger partial charge in [0, 0.05) is 10.4 Å². The van der Waals surface area contributed by atoms with Crippen LogP contribution in [-0.2, 0) is 11.3 Å². The standard InChI is InChI=1S/C26H30ClN5O4S/c1-14-11-16(12-19(27)21(14)28)13-32(25(34)36-26(3,4)5)24(29)30-23(33)20-15(2)37-31-22(20)17-7-9-18(35-6)10-8-17/h7-12H,13,28H2,1-6H3,(H2,29,30,33). The van der Waals surface area contributed by atoms with Gasteiger partial charge in [0.05, 0.1) is 35.6 Å². The van der Waals surface area contributed by atoms with E-state index < -0.39 is 23.6 Å². The maximum Gasteiger partial charge on any atom is 0.417 e. The molecule has 0 saturated heterocycles. The Hall–Kier alpha value is -3.63. The number of hydrogen-bond donors (Lipinski definition) is 3. The number of halogens is 1. The lowest BCUT2D eigenvalue weighted by atomic mass is 10.1. The van der Waals surface area contributed by atoms with Crippen molar-refractivity contribution in [1.82, 2.24) is 14.6 Å². The van der Waals surface area contributed by atoms with E-state index in [-0.39, 0.29) is 6.54 Å². The Kier molecular flexibility index (Phi) is 8.45. The third-order valence-corrected chi connectivity index (χ3v) is 6.37. The number of aromatic nitrogens is 1. The summed E-state index contributed by atoms with van der Waals surface area (Å²) in [6.45, 7) is 8.66. The molecule has 11 heteroatoms. The lowest BCUT2D eigenvalue weighted by Gasteiger charge is -2.28. The van der Waals surface area contributed by atoms with Crippen LogP contribution < -0.4 is 15.8 Å². The van der Waals surface area contributed by atoms with Gasteiger partial charge in [-0.3, -0.25) is 15.5 Å². The number of anilines is 1. The molecule has 3 rings (SSSR count). The number of methoxy groups -OCH3 is 1. The molecule has 37 heavy (non-hydrogen) atoms. The van der Waals surface area contributed by atoms with Gasteiger partial charge in [0.15, 0.2) is 0 Å². The topological polar surface area (TPSA) is 131 Å². The first-order chi connectivity index (χ1) is 17.3. The van der Waals surface area contributed by atoms with Gasteiger partial charge >= 0.3 is 6.09 Å². The minimum absolute atomic E-state index is 0.0684.